The maximum atomic E-state index is 11.7. The predicted octanol–water partition coefficient (Wildman–Crippen LogP) is 4.13. The van der Waals surface area contributed by atoms with Crippen LogP contribution in [0.2, 0.25) is 18.1 Å². The summed E-state index contributed by atoms with van der Waals surface area (Å²) in [6.07, 6.45) is 2.25. The average Bonchev–Trinajstić information content (AvgIpc) is 2.31. The Morgan fingerprint density at radius 1 is 1.09 bits per heavy atom. The number of esters is 1. The molecule has 0 fully saturated rings. The summed E-state index contributed by atoms with van der Waals surface area (Å²) in [6, 6.07) is 0. The Morgan fingerprint density at radius 2 is 1.64 bits per heavy atom. The van der Waals surface area contributed by atoms with Crippen molar-refractivity contribution in [2.45, 2.75) is 85.0 Å². The Morgan fingerprint density at radius 3 is 2.05 bits per heavy atom. The molecule has 0 aliphatic rings. The zero-order valence-corrected chi connectivity index (χ0v) is 16.8. The fourth-order valence-electron chi connectivity index (χ4n) is 1.69. The van der Waals surface area contributed by atoms with Gasteiger partial charge in [0.05, 0.1) is 12.0 Å². The van der Waals surface area contributed by atoms with Gasteiger partial charge in [-0.2, -0.15) is 0 Å². The van der Waals surface area contributed by atoms with Crippen LogP contribution in [0.1, 0.15) is 60.8 Å². The van der Waals surface area contributed by atoms with Gasteiger partial charge >= 0.3 is 5.97 Å². The molecule has 0 aromatic heterocycles. The number of hydrogen-bond acceptors (Lipinski definition) is 4. The van der Waals surface area contributed by atoms with Crippen LogP contribution in [-0.2, 0) is 14.0 Å². The first kappa shape index (κ1) is 21.6. The van der Waals surface area contributed by atoms with Gasteiger partial charge in [0.25, 0.3) is 0 Å². The second-order valence-corrected chi connectivity index (χ2v) is 13.3. The van der Waals surface area contributed by atoms with E-state index in [1.54, 1.807) is 0 Å². The lowest BCUT2D eigenvalue weighted by molar-refractivity contribution is -0.153. The van der Waals surface area contributed by atoms with Gasteiger partial charge in [-0.25, -0.2) is 0 Å². The molecule has 5 heteroatoms. The van der Waals surface area contributed by atoms with E-state index in [1.165, 1.54) is 0 Å². The first-order chi connectivity index (χ1) is 9.81. The molecular formula is C17H36O4Si. The van der Waals surface area contributed by atoms with Gasteiger partial charge in [0.1, 0.15) is 0 Å². The van der Waals surface area contributed by atoms with E-state index in [9.17, 15) is 9.90 Å². The van der Waals surface area contributed by atoms with E-state index in [-0.39, 0.29) is 23.7 Å². The van der Waals surface area contributed by atoms with Crippen molar-refractivity contribution < 1.29 is 19.1 Å². The van der Waals surface area contributed by atoms with Gasteiger partial charge < -0.3 is 14.3 Å². The normalized spacial score (nSPS) is 14.8. The third-order valence-corrected chi connectivity index (χ3v) is 8.77. The van der Waals surface area contributed by atoms with Crippen LogP contribution in [0.15, 0.2) is 0 Å². The Kier molecular flexibility index (Phi) is 8.31. The number of aliphatic hydroxyl groups is 1. The Labute approximate surface area is 137 Å². The maximum absolute atomic E-state index is 11.7. The fraction of sp³-hybridized carbons (Fsp3) is 0.941. The molecule has 0 unspecified atom stereocenters. The van der Waals surface area contributed by atoms with Crippen LogP contribution in [0.5, 0.6) is 0 Å². The minimum absolute atomic E-state index is 0.0410. The summed E-state index contributed by atoms with van der Waals surface area (Å²) >= 11 is 0. The molecule has 1 N–H and O–H groups in total. The molecule has 0 saturated heterocycles. The van der Waals surface area contributed by atoms with Gasteiger partial charge in [0.15, 0.2) is 8.32 Å². The van der Waals surface area contributed by atoms with Crippen molar-refractivity contribution in [2.24, 2.45) is 5.41 Å². The Hall–Kier alpha value is -0.393. The minimum atomic E-state index is -1.84. The van der Waals surface area contributed by atoms with E-state index >= 15 is 0 Å². The van der Waals surface area contributed by atoms with Crippen molar-refractivity contribution in [1.29, 1.82) is 0 Å². The lowest BCUT2D eigenvalue weighted by Gasteiger charge is -2.39. The molecule has 0 radical (unpaired) electrons. The zero-order valence-electron chi connectivity index (χ0n) is 15.8. The highest BCUT2D eigenvalue weighted by Crippen LogP contribution is 2.38. The highest BCUT2D eigenvalue weighted by molar-refractivity contribution is 6.74. The molecule has 0 aliphatic heterocycles. The van der Waals surface area contributed by atoms with Crippen molar-refractivity contribution in [2.75, 3.05) is 13.2 Å². The molecule has 0 saturated carbocycles. The monoisotopic (exact) mass is 332 g/mol. The topological polar surface area (TPSA) is 55.8 Å². The molecule has 0 aliphatic carbocycles. The second kappa shape index (κ2) is 8.46. The number of hydrogen-bond donors (Lipinski definition) is 1. The standard InChI is InChI=1S/C17H36O4Si/c1-16(2,3)15(19)20-13-9-10-14(11-12-18)21-22(7,8)17(4,5)6/h14,18H,9-13H2,1-8H3/t14-/m1/s1. The van der Waals surface area contributed by atoms with Crippen molar-refractivity contribution in [1.82, 2.24) is 0 Å². The van der Waals surface area contributed by atoms with Crippen LogP contribution >= 0.6 is 0 Å². The van der Waals surface area contributed by atoms with Gasteiger partial charge in [0, 0.05) is 12.7 Å². The summed E-state index contributed by atoms with van der Waals surface area (Å²) in [5.41, 5.74) is -0.456. The molecule has 1 atom stereocenters. The lowest BCUT2D eigenvalue weighted by Crippen LogP contribution is -2.44. The first-order valence-corrected chi connectivity index (χ1v) is 11.2. The van der Waals surface area contributed by atoms with Crippen LogP contribution in [0.25, 0.3) is 0 Å². The highest BCUT2D eigenvalue weighted by Gasteiger charge is 2.38. The quantitative estimate of drug-likeness (QED) is 0.412. The summed E-state index contributed by atoms with van der Waals surface area (Å²) in [7, 11) is -1.84. The largest absolute Gasteiger partial charge is 0.465 e. The van der Waals surface area contributed by atoms with Crippen LogP contribution in [0, 0.1) is 5.41 Å². The zero-order chi connectivity index (χ0) is 17.6. The third-order valence-electron chi connectivity index (χ3n) is 4.23. The van der Waals surface area contributed by atoms with Crippen LogP contribution in [-0.4, -0.2) is 38.7 Å². The smallest absolute Gasteiger partial charge is 0.311 e. The summed E-state index contributed by atoms with van der Waals surface area (Å²) in [5.74, 6) is -0.170. The summed E-state index contributed by atoms with van der Waals surface area (Å²) in [4.78, 5) is 11.7. The van der Waals surface area contributed by atoms with Crippen LogP contribution < -0.4 is 0 Å². The molecule has 0 heterocycles. The van der Waals surface area contributed by atoms with E-state index < -0.39 is 13.7 Å². The number of carbonyl (C=O) groups is 1. The van der Waals surface area contributed by atoms with Crippen LogP contribution in [0.3, 0.4) is 0 Å². The third kappa shape index (κ3) is 7.74. The molecular weight excluding hydrogens is 296 g/mol. The maximum Gasteiger partial charge on any atom is 0.311 e. The molecule has 0 amide bonds. The van der Waals surface area contributed by atoms with E-state index in [0.717, 1.165) is 12.8 Å². The van der Waals surface area contributed by atoms with Crippen molar-refractivity contribution in [3.05, 3.63) is 0 Å². The molecule has 0 aromatic carbocycles. The van der Waals surface area contributed by atoms with E-state index in [0.29, 0.717) is 13.0 Å². The van der Waals surface area contributed by atoms with Gasteiger partial charge in [0.2, 0.25) is 0 Å². The van der Waals surface area contributed by atoms with Crippen molar-refractivity contribution in [3.8, 4) is 0 Å². The van der Waals surface area contributed by atoms with E-state index in [1.807, 2.05) is 20.8 Å². The average molecular weight is 333 g/mol. The lowest BCUT2D eigenvalue weighted by atomic mass is 9.97. The molecule has 0 rings (SSSR count). The number of aliphatic hydroxyl groups excluding tert-OH is 1. The van der Waals surface area contributed by atoms with Gasteiger partial charge in [-0.1, -0.05) is 20.8 Å². The van der Waals surface area contributed by atoms with Crippen LogP contribution in [0.4, 0.5) is 0 Å². The molecule has 0 bridgehead atoms. The number of ether oxygens (including phenoxy) is 1. The predicted molar refractivity (Wildman–Crippen MR) is 93.4 cm³/mol. The van der Waals surface area contributed by atoms with Crippen molar-refractivity contribution >= 4 is 14.3 Å². The number of carbonyl (C=O) groups excluding carboxylic acids is 1. The molecule has 0 aromatic rings. The first-order valence-electron chi connectivity index (χ1n) is 8.27. The SMILES string of the molecule is CC(C)(C)C(=O)OCCC[C@H](CCO)O[Si](C)(C)C(C)(C)C. The van der Waals surface area contributed by atoms with E-state index in [2.05, 4.69) is 33.9 Å². The molecule has 132 valence electrons. The van der Waals surface area contributed by atoms with Gasteiger partial charge in [-0.15, -0.1) is 0 Å². The second-order valence-electron chi connectivity index (χ2n) is 8.54. The van der Waals surface area contributed by atoms with Crippen molar-refractivity contribution in [3.63, 3.8) is 0 Å². The van der Waals surface area contributed by atoms with E-state index in [4.69, 9.17) is 9.16 Å². The number of rotatable bonds is 8. The summed E-state index contributed by atoms with van der Waals surface area (Å²) in [5, 5.41) is 9.39. The summed E-state index contributed by atoms with van der Waals surface area (Å²) < 4.78 is 11.6. The van der Waals surface area contributed by atoms with Gasteiger partial charge in [-0.3, -0.25) is 4.79 Å². The minimum Gasteiger partial charge on any atom is -0.465 e. The summed E-state index contributed by atoms with van der Waals surface area (Å²) in [6.45, 7) is 17.2. The van der Waals surface area contributed by atoms with Gasteiger partial charge in [-0.05, 0) is 58.2 Å². The molecule has 4 nitrogen and oxygen atoms in total. The highest BCUT2D eigenvalue weighted by atomic mass is 28.4. The molecule has 22 heavy (non-hydrogen) atoms. The fourth-order valence-corrected chi connectivity index (χ4v) is 3.11. The molecule has 0 spiro atoms. The Bertz CT molecular complexity index is 340. The Balaban J connectivity index is 4.35.